The zero-order chi connectivity index (χ0) is 26.5. The smallest absolute Gasteiger partial charge is 0.128 e. The van der Waals surface area contributed by atoms with Crippen molar-refractivity contribution < 1.29 is 9.47 Å². The number of hydrogen-bond donors (Lipinski definition) is 0. The number of fused-ring (bicyclic) bond motifs is 6. The number of hydrogen-bond acceptors (Lipinski definition) is 2. The molecule has 0 saturated carbocycles. The Kier molecular flexibility index (Phi) is 3.63. The van der Waals surface area contributed by atoms with E-state index in [4.69, 9.17) is 9.47 Å². The van der Waals surface area contributed by atoms with Crippen LogP contribution in [-0.2, 0) is 31.9 Å². The van der Waals surface area contributed by atoms with E-state index >= 15 is 0 Å². The van der Waals surface area contributed by atoms with E-state index in [-0.39, 0.29) is 11.8 Å². The fourth-order valence-electron chi connectivity index (χ4n) is 9.45. The molecule has 2 nitrogen and oxygen atoms in total. The van der Waals surface area contributed by atoms with E-state index in [0.717, 1.165) is 0 Å². The van der Waals surface area contributed by atoms with Crippen molar-refractivity contribution in [1.82, 2.24) is 0 Å². The van der Waals surface area contributed by atoms with Gasteiger partial charge in [-0.1, -0.05) is 120 Å². The maximum atomic E-state index is 7.85. The van der Waals surface area contributed by atoms with Crippen molar-refractivity contribution in [2.24, 2.45) is 11.8 Å². The highest BCUT2D eigenvalue weighted by atomic mass is 16.6. The van der Waals surface area contributed by atoms with E-state index in [1.54, 1.807) is 0 Å². The van der Waals surface area contributed by atoms with E-state index in [0.29, 0.717) is 0 Å². The van der Waals surface area contributed by atoms with Gasteiger partial charge >= 0.3 is 0 Å². The molecule has 4 aliphatic heterocycles. The second kappa shape index (κ2) is 6.66. The van der Waals surface area contributed by atoms with Gasteiger partial charge in [-0.05, 0) is 70.2 Å². The van der Waals surface area contributed by atoms with Crippen LogP contribution >= 0.6 is 0 Å². The van der Waals surface area contributed by atoms with Gasteiger partial charge in [-0.25, -0.2) is 0 Å². The molecule has 4 bridgehead atoms. The minimum atomic E-state index is -0.656. The van der Waals surface area contributed by atoms with Crippen LogP contribution in [-0.4, -0.2) is 0 Å². The number of aryl methyl sites for hydroxylation is 2. The van der Waals surface area contributed by atoms with Crippen LogP contribution in [0.4, 0.5) is 0 Å². The van der Waals surface area contributed by atoms with Crippen LogP contribution in [0, 0.1) is 25.7 Å². The lowest BCUT2D eigenvalue weighted by Crippen LogP contribution is -2.51. The van der Waals surface area contributed by atoms with Crippen LogP contribution in [0.2, 0.25) is 0 Å². The highest BCUT2D eigenvalue weighted by Gasteiger charge is 2.85. The molecule has 5 aromatic rings. The van der Waals surface area contributed by atoms with Crippen LogP contribution in [0.3, 0.4) is 0 Å². The molecule has 5 aromatic carbocycles. The summed E-state index contributed by atoms with van der Waals surface area (Å²) in [6.45, 7) is 4.31. The third-order valence-corrected chi connectivity index (χ3v) is 10.8. The number of rotatable bonds is 2. The van der Waals surface area contributed by atoms with E-state index < -0.39 is 22.4 Å². The van der Waals surface area contributed by atoms with Gasteiger partial charge in [0.15, 0.2) is 0 Å². The molecule has 40 heavy (non-hydrogen) atoms. The minimum absolute atomic E-state index is 0.0499. The summed E-state index contributed by atoms with van der Waals surface area (Å²) in [6, 6.07) is 40.5. The molecular formula is C38H28O2. The fraction of sp³-hybridized carbons (Fsp3) is 0.211. The first kappa shape index (κ1) is 21.8. The molecule has 1 aliphatic carbocycles. The monoisotopic (exact) mass is 516 g/mol. The fourth-order valence-corrected chi connectivity index (χ4v) is 9.45. The van der Waals surface area contributed by atoms with Gasteiger partial charge in [0, 0.05) is 11.8 Å². The normalized spacial score (nSPS) is 34.9. The van der Waals surface area contributed by atoms with Crippen molar-refractivity contribution in [1.29, 1.82) is 0 Å². The van der Waals surface area contributed by atoms with Crippen molar-refractivity contribution >= 4 is 10.8 Å². The van der Waals surface area contributed by atoms with E-state index in [9.17, 15) is 0 Å². The Bertz CT molecular complexity index is 1950. The molecule has 0 radical (unpaired) electrons. The largest absolute Gasteiger partial charge is 0.350 e. The summed E-state index contributed by atoms with van der Waals surface area (Å²) < 4.78 is 15.5. The molecule has 0 aromatic heterocycles. The highest BCUT2D eigenvalue weighted by molar-refractivity contribution is 5.94. The lowest BCUT2D eigenvalue weighted by atomic mass is 9.49. The average molecular weight is 517 g/mol. The molecule has 0 amide bonds. The van der Waals surface area contributed by atoms with E-state index in [1.165, 1.54) is 55.3 Å². The summed E-state index contributed by atoms with van der Waals surface area (Å²) in [6.07, 6.45) is 4.76. The second-order valence-electron chi connectivity index (χ2n) is 12.5. The Labute approximate surface area is 233 Å². The van der Waals surface area contributed by atoms with Gasteiger partial charge < -0.3 is 9.47 Å². The van der Waals surface area contributed by atoms with Gasteiger partial charge in [0.2, 0.25) is 0 Å². The zero-order valence-corrected chi connectivity index (χ0v) is 22.5. The Morgan fingerprint density at radius 1 is 0.475 bits per heavy atom. The molecule has 5 aliphatic rings. The summed E-state index contributed by atoms with van der Waals surface area (Å²) in [4.78, 5) is 0. The zero-order valence-electron chi connectivity index (χ0n) is 22.5. The van der Waals surface area contributed by atoms with Crippen molar-refractivity contribution in [3.05, 3.63) is 166 Å². The van der Waals surface area contributed by atoms with Gasteiger partial charge in [0.1, 0.15) is 22.4 Å². The van der Waals surface area contributed by atoms with Gasteiger partial charge in [-0.3, -0.25) is 0 Å². The molecule has 4 heterocycles. The first-order chi connectivity index (χ1) is 19.5. The van der Waals surface area contributed by atoms with Crippen molar-refractivity contribution in [3.8, 4) is 0 Å². The van der Waals surface area contributed by atoms with Gasteiger partial charge in [-0.2, -0.15) is 0 Å². The van der Waals surface area contributed by atoms with Crippen LogP contribution in [0.25, 0.3) is 10.8 Å². The third-order valence-electron chi connectivity index (χ3n) is 10.8. The SMILES string of the molecule is Cc1ccc([C@@]23O[C@]4(c5ccccc52)c2cccc5cccc(c25)[C@]25C=C[C@](c6ccc(C)cc6)(O2)[C@H]3[C@H]45)cc1. The van der Waals surface area contributed by atoms with Crippen LogP contribution in [0.15, 0.2) is 121 Å². The van der Waals surface area contributed by atoms with Gasteiger partial charge in [-0.15, -0.1) is 0 Å². The van der Waals surface area contributed by atoms with Crippen LogP contribution in [0.5, 0.6) is 0 Å². The minimum Gasteiger partial charge on any atom is -0.350 e. The molecule has 6 atom stereocenters. The maximum Gasteiger partial charge on any atom is 0.128 e. The number of ether oxygens (including phenoxy) is 2. The average Bonchev–Trinajstić information content (AvgIpc) is 3.71. The summed E-state index contributed by atoms with van der Waals surface area (Å²) in [5.41, 5.74) is 7.58. The molecular weight excluding hydrogens is 488 g/mol. The third kappa shape index (κ3) is 2.07. The predicted molar refractivity (Wildman–Crippen MR) is 156 cm³/mol. The Morgan fingerprint density at radius 2 is 1.02 bits per heavy atom. The Morgan fingerprint density at radius 3 is 1.73 bits per heavy atom. The standard InChI is InChI=1S/C38H28O2/c1-23-13-17-26(18-14-23)35-21-22-36(39-35)30-11-5-7-25-8-6-12-31(32(25)30)38-29-10-4-3-9-28(29)37(40-38,33(35)34(36)38)27-19-15-24(2)16-20-27/h3-22,33-34H,1-2H3/t33-,34+,35-,36+,37-,38-/m1/s1. The molecule has 10 rings (SSSR count). The lowest BCUT2D eigenvalue weighted by Gasteiger charge is -2.48. The van der Waals surface area contributed by atoms with Crippen molar-refractivity contribution in [3.63, 3.8) is 0 Å². The van der Waals surface area contributed by atoms with E-state index in [1.807, 2.05) is 0 Å². The van der Waals surface area contributed by atoms with E-state index in [2.05, 4.69) is 135 Å². The molecule has 2 fully saturated rings. The molecule has 192 valence electrons. The summed E-state index contributed by atoms with van der Waals surface area (Å²) in [5, 5.41) is 2.52. The summed E-state index contributed by atoms with van der Waals surface area (Å²) in [7, 11) is 0. The maximum absolute atomic E-state index is 7.85. The van der Waals surface area contributed by atoms with Gasteiger partial charge in [0.05, 0.1) is 0 Å². The Balaban J connectivity index is 1.41. The molecule has 2 saturated heterocycles. The van der Waals surface area contributed by atoms with Crippen LogP contribution in [0.1, 0.15) is 44.5 Å². The second-order valence-corrected chi connectivity index (χ2v) is 12.5. The molecule has 2 spiro atoms. The quantitative estimate of drug-likeness (QED) is 0.222. The highest BCUT2D eigenvalue weighted by Crippen LogP contribution is 2.83. The van der Waals surface area contributed by atoms with Gasteiger partial charge in [0.25, 0.3) is 0 Å². The van der Waals surface area contributed by atoms with Crippen molar-refractivity contribution in [2.45, 2.75) is 36.3 Å². The summed E-state index contributed by atoms with van der Waals surface area (Å²) >= 11 is 0. The first-order valence-electron chi connectivity index (χ1n) is 14.4. The Hall–Kier alpha value is -3.98. The first-order valence-corrected chi connectivity index (χ1v) is 14.4. The number of benzene rings is 5. The lowest BCUT2D eigenvalue weighted by molar-refractivity contribution is -0.147. The van der Waals surface area contributed by atoms with Crippen LogP contribution < -0.4 is 0 Å². The molecule has 0 N–H and O–H groups in total. The summed E-state index contributed by atoms with van der Waals surface area (Å²) in [5.74, 6) is 0.136. The molecule has 0 unspecified atom stereocenters. The van der Waals surface area contributed by atoms with Crippen molar-refractivity contribution in [2.75, 3.05) is 0 Å². The topological polar surface area (TPSA) is 18.5 Å². The molecule has 2 heteroatoms. The predicted octanol–water partition coefficient (Wildman–Crippen LogP) is 7.92.